The number of hydrogen-bond donors (Lipinski definition) is 0. The summed E-state index contributed by atoms with van der Waals surface area (Å²) in [5.41, 5.74) is 4.95. The Morgan fingerprint density at radius 2 is 0.911 bits per heavy atom. The zero-order valence-corrected chi connectivity index (χ0v) is 24.9. The maximum Gasteiger partial charge on any atom is 0.164 e. The predicted octanol–water partition coefficient (Wildman–Crippen LogP) is 10.6. The van der Waals surface area contributed by atoms with Crippen LogP contribution in [-0.2, 0) is 0 Å². The van der Waals surface area contributed by atoms with Crippen molar-refractivity contribution in [3.63, 3.8) is 0 Å². The first-order chi connectivity index (χ1) is 22.3. The number of nitrogens with zero attached hydrogens (tertiary/aromatic N) is 4. The molecular formula is C40H24N4S. The van der Waals surface area contributed by atoms with Crippen LogP contribution < -0.4 is 0 Å². The molecule has 0 amide bonds. The van der Waals surface area contributed by atoms with Crippen LogP contribution in [0.2, 0.25) is 0 Å². The average molecular weight is 593 g/mol. The normalized spacial score (nSPS) is 11.6. The molecule has 9 aromatic rings. The number of aromatic nitrogens is 4. The molecule has 0 atom stereocenters. The molecule has 0 radical (unpaired) electrons. The summed E-state index contributed by atoms with van der Waals surface area (Å²) in [6.45, 7) is 0. The van der Waals surface area contributed by atoms with Crippen LogP contribution in [-0.4, -0.2) is 19.9 Å². The summed E-state index contributed by atoms with van der Waals surface area (Å²) in [4.78, 5) is 20.2. The van der Waals surface area contributed by atoms with Gasteiger partial charge >= 0.3 is 0 Å². The Bertz CT molecular complexity index is 2480. The Kier molecular flexibility index (Phi) is 5.96. The van der Waals surface area contributed by atoms with Crippen LogP contribution in [0.5, 0.6) is 0 Å². The van der Waals surface area contributed by atoms with E-state index in [2.05, 4.69) is 84.9 Å². The van der Waals surface area contributed by atoms with Gasteiger partial charge in [-0.3, -0.25) is 0 Å². The highest BCUT2D eigenvalue weighted by Crippen LogP contribution is 2.42. The molecule has 0 aliphatic rings. The molecule has 210 valence electrons. The standard InChI is InChI=1S/C40H24N4S/c1-3-12-26(13-4-1)37-42-38(27-14-5-2-6-15-27)44-39(43-37)29-21-22-32-31-17-9-10-18-33(31)36-35(34(32)24-29)41-40(45-36)30-20-19-25-11-7-8-16-28(25)23-30/h1-24H. The van der Waals surface area contributed by atoms with Crippen molar-refractivity contribution >= 4 is 53.9 Å². The third kappa shape index (κ3) is 4.44. The van der Waals surface area contributed by atoms with Crippen molar-refractivity contribution in [2.24, 2.45) is 0 Å². The average Bonchev–Trinajstić information content (AvgIpc) is 3.58. The van der Waals surface area contributed by atoms with Crippen LogP contribution in [0.1, 0.15) is 0 Å². The fourth-order valence-electron chi connectivity index (χ4n) is 6.10. The minimum absolute atomic E-state index is 0.635. The van der Waals surface area contributed by atoms with Gasteiger partial charge < -0.3 is 0 Å². The number of hydrogen-bond acceptors (Lipinski definition) is 5. The van der Waals surface area contributed by atoms with Crippen LogP contribution in [0.15, 0.2) is 146 Å². The van der Waals surface area contributed by atoms with E-state index >= 15 is 0 Å². The van der Waals surface area contributed by atoms with E-state index in [-0.39, 0.29) is 0 Å². The molecule has 0 aliphatic heterocycles. The van der Waals surface area contributed by atoms with E-state index in [1.54, 1.807) is 11.3 Å². The third-order valence-electron chi connectivity index (χ3n) is 8.32. The molecule has 9 rings (SSSR count). The second-order valence-corrected chi connectivity index (χ2v) is 12.1. The second kappa shape index (κ2) is 10.4. The molecule has 5 heteroatoms. The first-order valence-electron chi connectivity index (χ1n) is 14.9. The quantitative estimate of drug-likeness (QED) is 0.191. The van der Waals surface area contributed by atoms with Gasteiger partial charge in [0.2, 0.25) is 0 Å². The Balaban J connectivity index is 1.28. The van der Waals surface area contributed by atoms with Crippen LogP contribution in [0.25, 0.3) is 87.3 Å². The smallest absolute Gasteiger partial charge is 0.164 e. The minimum atomic E-state index is 0.635. The van der Waals surface area contributed by atoms with Crippen molar-refractivity contribution in [3.8, 4) is 44.7 Å². The Labute approximate surface area is 263 Å². The zero-order chi connectivity index (χ0) is 29.7. The van der Waals surface area contributed by atoms with Gasteiger partial charge in [0, 0.05) is 33.0 Å². The van der Waals surface area contributed by atoms with Gasteiger partial charge in [-0.15, -0.1) is 11.3 Å². The molecule has 0 N–H and O–H groups in total. The molecule has 0 saturated heterocycles. The van der Waals surface area contributed by atoms with E-state index in [4.69, 9.17) is 19.9 Å². The van der Waals surface area contributed by atoms with Gasteiger partial charge in [-0.1, -0.05) is 133 Å². The second-order valence-electron chi connectivity index (χ2n) is 11.1. The first kappa shape index (κ1) is 25.7. The van der Waals surface area contributed by atoms with Gasteiger partial charge in [-0.25, -0.2) is 19.9 Å². The molecule has 0 bridgehead atoms. The Morgan fingerprint density at radius 1 is 0.356 bits per heavy atom. The highest BCUT2D eigenvalue weighted by molar-refractivity contribution is 7.22. The van der Waals surface area contributed by atoms with Gasteiger partial charge in [-0.2, -0.15) is 0 Å². The van der Waals surface area contributed by atoms with Gasteiger partial charge in [0.1, 0.15) is 5.01 Å². The minimum Gasteiger partial charge on any atom is -0.235 e. The molecule has 0 aliphatic carbocycles. The summed E-state index contributed by atoms with van der Waals surface area (Å²) < 4.78 is 1.18. The molecule has 2 heterocycles. The highest BCUT2D eigenvalue weighted by Gasteiger charge is 2.17. The summed E-state index contributed by atoms with van der Waals surface area (Å²) in [5, 5.41) is 8.14. The van der Waals surface area contributed by atoms with E-state index in [0.29, 0.717) is 17.5 Å². The summed E-state index contributed by atoms with van der Waals surface area (Å²) >= 11 is 1.75. The van der Waals surface area contributed by atoms with Crippen LogP contribution in [0.4, 0.5) is 0 Å². The maximum absolute atomic E-state index is 5.30. The van der Waals surface area contributed by atoms with Crippen LogP contribution >= 0.6 is 11.3 Å². The zero-order valence-electron chi connectivity index (χ0n) is 24.1. The van der Waals surface area contributed by atoms with Gasteiger partial charge in [0.25, 0.3) is 0 Å². The number of thiazole rings is 1. The van der Waals surface area contributed by atoms with Crippen molar-refractivity contribution in [3.05, 3.63) is 146 Å². The Morgan fingerprint density at radius 3 is 1.62 bits per heavy atom. The lowest BCUT2D eigenvalue weighted by molar-refractivity contribution is 1.07. The summed E-state index contributed by atoms with van der Waals surface area (Å²) in [7, 11) is 0. The fourth-order valence-corrected chi connectivity index (χ4v) is 7.21. The summed E-state index contributed by atoms with van der Waals surface area (Å²) in [5.74, 6) is 1.93. The molecular weight excluding hydrogens is 569 g/mol. The van der Waals surface area contributed by atoms with Gasteiger partial charge in [0.05, 0.1) is 10.2 Å². The summed E-state index contributed by atoms with van der Waals surface area (Å²) in [6.07, 6.45) is 0. The highest BCUT2D eigenvalue weighted by atomic mass is 32.1. The van der Waals surface area contributed by atoms with Crippen molar-refractivity contribution < 1.29 is 0 Å². The fraction of sp³-hybridized carbons (Fsp3) is 0. The van der Waals surface area contributed by atoms with E-state index in [1.807, 2.05) is 60.7 Å². The molecule has 0 fully saturated rings. The number of rotatable bonds is 4. The van der Waals surface area contributed by atoms with Crippen molar-refractivity contribution in [2.45, 2.75) is 0 Å². The summed E-state index contributed by atoms with van der Waals surface area (Å²) in [6, 6.07) is 50.4. The lowest BCUT2D eigenvalue weighted by atomic mass is 9.98. The molecule has 4 nitrogen and oxygen atoms in total. The molecule has 0 unspecified atom stereocenters. The lowest BCUT2D eigenvalue weighted by Crippen LogP contribution is -2.00. The molecule has 7 aromatic carbocycles. The first-order valence-corrected chi connectivity index (χ1v) is 15.7. The third-order valence-corrected chi connectivity index (χ3v) is 9.46. The van der Waals surface area contributed by atoms with Crippen molar-refractivity contribution in [2.75, 3.05) is 0 Å². The largest absolute Gasteiger partial charge is 0.235 e. The topological polar surface area (TPSA) is 51.6 Å². The van der Waals surface area contributed by atoms with E-state index < -0.39 is 0 Å². The van der Waals surface area contributed by atoms with Crippen LogP contribution in [0.3, 0.4) is 0 Å². The van der Waals surface area contributed by atoms with Crippen molar-refractivity contribution in [1.29, 1.82) is 0 Å². The number of benzene rings is 7. The van der Waals surface area contributed by atoms with Gasteiger partial charge in [-0.05, 0) is 33.7 Å². The molecule has 45 heavy (non-hydrogen) atoms. The lowest BCUT2D eigenvalue weighted by Gasteiger charge is -2.10. The van der Waals surface area contributed by atoms with E-state index in [0.717, 1.165) is 43.6 Å². The molecule has 2 aromatic heterocycles. The molecule has 0 spiro atoms. The van der Waals surface area contributed by atoms with Crippen molar-refractivity contribution in [1.82, 2.24) is 19.9 Å². The SMILES string of the molecule is c1ccc(-c2nc(-c3ccccc3)nc(-c3ccc4c5ccccc5c5sc(-c6ccc7ccccc7c6)nc5c4c3)n2)cc1. The maximum atomic E-state index is 5.30. The van der Waals surface area contributed by atoms with Crippen LogP contribution in [0, 0.1) is 0 Å². The predicted molar refractivity (Wildman–Crippen MR) is 187 cm³/mol. The van der Waals surface area contributed by atoms with Gasteiger partial charge in [0.15, 0.2) is 17.5 Å². The Hall–Kier alpha value is -5.78. The van der Waals surface area contributed by atoms with E-state index in [9.17, 15) is 0 Å². The monoisotopic (exact) mass is 592 g/mol. The van der Waals surface area contributed by atoms with E-state index in [1.165, 1.54) is 26.2 Å². The molecule has 0 saturated carbocycles. The number of fused-ring (bicyclic) bond motifs is 7.